The predicted molar refractivity (Wildman–Crippen MR) is 59.2 cm³/mol. The SMILES string of the molecule is CCCNc1ccc(CCC)cc1. The van der Waals surface area contributed by atoms with Gasteiger partial charge < -0.3 is 5.32 Å². The van der Waals surface area contributed by atoms with Gasteiger partial charge in [0.25, 0.3) is 0 Å². The number of anilines is 1. The van der Waals surface area contributed by atoms with Gasteiger partial charge in [-0.15, -0.1) is 0 Å². The van der Waals surface area contributed by atoms with Crippen LogP contribution in [0.2, 0.25) is 0 Å². The van der Waals surface area contributed by atoms with E-state index in [1.54, 1.807) is 0 Å². The van der Waals surface area contributed by atoms with Crippen LogP contribution in [0.5, 0.6) is 0 Å². The van der Waals surface area contributed by atoms with Crippen LogP contribution < -0.4 is 5.32 Å². The number of nitrogens with one attached hydrogen (secondary N) is 1. The summed E-state index contributed by atoms with van der Waals surface area (Å²) in [6, 6.07) is 8.75. The zero-order valence-electron chi connectivity index (χ0n) is 8.64. The van der Waals surface area contributed by atoms with Gasteiger partial charge in [0.1, 0.15) is 0 Å². The second-order valence-corrected chi connectivity index (χ2v) is 3.37. The number of hydrogen-bond donors (Lipinski definition) is 1. The number of benzene rings is 1. The van der Waals surface area contributed by atoms with Crippen molar-refractivity contribution in [1.29, 1.82) is 0 Å². The van der Waals surface area contributed by atoms with Crippen molar-refractivity contribution in [3.8, 4) is 0 Å². The Balaban J connectivity index is 2.48. The normalized spacial score (nSPS) is 10.0. The molecule has 0 spiro atoms. The highest BCUT2D eigenvalue weighted by molar-refractivity contribution is 5.44. The topological polar surface area (TPSA) is 12.0 Å². The first-order valence-electron chi connectivity index (χ1n) is 5.19. The first kappa shape index (κ1) is 10.1. The van der Waals surface area contributed by atoms with E-state index < -0.39 is 0 Å². The van der Waals surface area contributed by atoms with E-state index in [-0.39, 0.29) is 0 Å². The molecule has 1 aromatic carbocycles. The first-order chi connectivity index (χ1) is 6.36. The zero-order valence-corrected chi connectivity index (χ0v) is 8.64. The van der Waals surface area contributed by atoms with Crippen LogP contribution in [0.25, 0.3) is 0 Å². The number of aryl methyl sites for hydroxylation is 1. The van der Waals surface area contributed by atoms with Gasteiger partial charge in [0, 0.05) is 12.2 Å². The van der Waals surface area contributed by atoms with Crippen molar-refractivity contribution >= 4 is 5.69 Å². The third-order valence-corrected chi connectivity index (χ3v) is 2.07. The van der Waals surface area contributed by atoms with Gasteiger partial charge in [0.15, 0.2) is 0 Å². The van der Waals surface area contributed by atoms with Crippen LogP contribution >= 0.6 is 0 Å². The highest BCUT2D eigenvalue weighted by atomic mass is 14.9. The highest BCUT2D eigenvalue weighted by Gasteiger charge is 1.92. The molecule has 72 valence electrons. The predicted octanol–water partition coefficient (Wildman–Crippen LogP) is 3.46. The maximum Gasteiger partial charge on any atom is 0.0340 e. The standard InChI is InChI=1S/C12H19N/c1-3-5-11-6-8-12(9-7-11)13-10-4-2/h6-9,13H,3-5,10H2,1-2H3. The van der Waals surface area contributed by atoms with E-state index >= 15 is 0 Å². The molecular weight excluding hydrogens is 158 g/mol. The summed E-state index contributed by atoms with van der Waals surface area (Å²) in [7, 11) is 0. The lowest BCUT2D eigenvalue weighted by Gasteiger charge is -2.05. The van der Waals surface area contributed by atoms with Gasteiger partial charge in [-0.05, 0) is 30.5 Å². The molecule has 0 saturated carbocycles. The second-order valence-electron chi connectivity index (χ2n) is 3.37. The van der Waals surface area contributed by atoms with E-state index in [1.165, 1.54) is 30.5 Å². The van der Waals surface area contributed by atoms with Crippen LogP contribution in [-0.2, 0) is 6.42 Å². The molecule has 1 aromatic rings. The molecule has 1 heteroatoms. The molecular formula is C12H19N. The Morgan fingerprint density at radius 3 is 2.23 bits per heavy atom. The van der Waals surface area contributed by atoms with Gasteiger partial charge in [-0.2, -0.15) is 0 Å². The zero-order chi connectivity index (χ0) is 9.52. The van der Waals surface area contributed by atoms with Gasteiger partial charge in [0.05, 0.1) is 0 Å². The lowest BCUT2D eigenvalue weighted by Crippen LogP contribution is -1.99. The summed E-state index contributed by atoms with van der Waals surface area (Å²) < 4.78 is 0. The van der Waals surface area contributed by atoms with Crippen LogP contribution in [0.15, 0.2) is 24.3 Å². The van der Waals surface area contributed by atoms with Crippen molar-refractivity contribution in [2.75, 3.05) is 11.9 Å². The van der Waals surface area contributed by atoms with E-state index in [1.807, 2.05) is 0 Å². The fourth-order valence-electron chi connectivity index (χ4n) is 1.35. The van der Waals surface area contributed by atoms with E-state index in [9.17, 15) is 0 Å². The maximum absolute atomic E-state index is 3.36. The lowest BCUT2D eigenvalue weighted by molar-refractivity contribution is 0.921. The monoisotopic (exact) mass is 177 g/mol. The molecule has 0 heterocycles. The van der Waals surface area contributed by atoms with Crippen LogP contribution in [0.4, 0.5) is 5.69 Å². The van der Waals surface area contributed by atoms with E-state index in [4.69, 9.17) is 0 Å². The highest BCUT2D eigenvalue weighted by Crippen LogP contribution is 2.10. The van der Waals surface area contributed by atoms with Crippen LogP contribution in [-0.4, -0.2) is 6.54 Å². The van der Waals surface area contributed by atoms with E-state index in [2.05, 4.69) is 43.4 Å². The molecule has 1 rings (SSSR count). The molecule has 1 N–H and O–H groups in total. The van der Waals surface area contributed by atoms with E-state index in [0.29, 0.717) is 0 Å². The molecule has 0 aliphatic rings. The molecule has 0 bridgehead atoms. The summed E-state index contributed by atoms with van der Waals surface area (Å²) in [5.41, 5.74) is 2.67. The Morgan fingerprint density at radius 2 is 1.69 bits per heavy atom. The molecule has 0 aromatic heterocycles. The van der Waals surface area contributed by atoms with Crippen molar-refractivity contribution in [3.05, 3.63) is 29.8 Å². The first-order valence-corrected chi connectivity index (χ1v) is 5.19. The lowest BCUT2D eigenvalue weighted by atomic mass is 10.1. The number of rotatable bonds is 5. The van der Waals surface area contributed by atoms with Gasteiger partial charge >= 0.3 is 0 Å². The third-order valence-electron chi connectivity index (χ3n) is 2.07. The smallest absolute Gasteiger partial charge is 0.0340 e. The minimum absolute atomic E-state index is 1.06. The van der Waals surface area contributed by atoms with Gasteiger partial charge in [0.2, 0.25) is 0 Å². The fourth-order valence-corrected chi connectivity index (χ4v) is 1.35. The summed E-state index contributed by atoms with van der Waals surface area (Å²) >= 11 is 0. The van der Waals surface area contributed by atoms with E-state index in [0.717, 1.165) is 6.54 Å². The van der Waals surface area contributed by atoms with Gasteiger partial charge in [-0.1, -0.05) is 32.4 Å². The Kier molecular flexibility index (Phi) is 4.37. The molecule has 0 saturated heterocycles. The summed E-state index contributed by atoms with van der Waals surface area (Å²) in [6.45, 7) is 5.45. The molecule has 0 radical (unpaired) electrons. The molecule has 0 fully saturated rings. The molecule has 0 atom stereocenters. The van der Waals surface area contributed by atoms with Crippen molar-refractivity contribution in [2.24, 2.45) is 0 Å². The number of hydrogen-bond acceptors (Lipinski definition) is 1. The Labute approximate surface area is 81.2 Å². The van der Waals surface area contributed by atoms with Crippen molar-refractivity contribution in [2.45, 2.75) is 33.1 Å². The second kappa shape index (κ2) is 5.63. The average molecular weight is 177 g/mol. The molecule has 0 aliphatic carbocycles. The minimum atomic E-state index is 1.06. The molecule has 0 amide bonds. The average Bonchev–Trinajstić information content (AvgIpc) is 2.17. The minimum Gasteiger partial charge on any atom is -0.385 e. The Bertz CT molecular complexity index is 225. The Morgan fingerprint density at radius 1 is 1.00 bits per heavy atom. The quantitative estimate of drug-likeness (QED) is 0.726. The summed E-state index contributed by atoms with van der Waals surface area (Å²) in [5, 5.41) is 3.36. The van der Waals surface area contributed by atoms with Crippen LogP contribution in [0.1, 0.15) is 32.3 Å². The van der Waals surface area contributed by atoms with Crippen LogP contribution in [0.3, 0.4) is 0 Å². The Hall–Kier alpha value is -0.980. The largest absolute Gasteiger partial charge is 0.385 e. The van der Waals surface area contributed by atoms with Crippen molar-refractivity contribution in [1.82, 2.24) is 0 Å². The van der Waals surface area contributed by atoms with Crippen molar-refractivity contribution in [3.63, 3.8) is 0 Å². The summed E-state index contributed by atoms with van der Waals surface area (Å²) in [6.07, 6.45) is 3.59. The molecule has 0 aliphatic heterocycles. The fraction of sp³-hybridized carbons (Fsp3) is 0.500. The maximum atomic E-state index is 3.36. The molecule has 13 heavy (non-hydrogen) atoms. The summed E-state index contributed by atoms with van der Waals surface area (Å²) in [5.74, 6) is 0. The summed E-state index contributed by atoms with van der Waals surface area (Å²) in [4.78, 5) is 0. The molecule has 0 unspecified atom stereocenters. The third kappa shape index (κ3) is 3.49. The van der Waals surface area contributed by atoms with Crippen LogP contribution in [0, 0.1) is 0 Å². The molecule has 1 nitrogen and oxygen atoms in total. The van der Waals surface area contributed by atoms with Gasteiger partial charge in [-0.25, -0.2) is 0 Å². The van der Waals surface area contributed by atoms with Crippen molar-refractivity contribution < 1.29 is 0 Å². The van der Waals surface area contributed by atoms with Gasteiger partial charge in [-0.3, -0.25) is 0 Å².